The van der Waals surface area contributed by atoms with Crippen LogP contribution in [0, 0.1) is 0 Å². The number of nitrogens with one attached hydrogen (secondary N) is 2. The van der Waals surface area contributed by atoms with Crippen LogP contribution in [0.5, 0.6) is 0 Å². The van der Waals surface area contributed by atoms with Gasteiger partial charge in [0.1, 0.15) is 0 Å². The average Bonchev–Trinajstić information content (AvgIpc) is 3.21. The molecule has 0 saturated carbocycles. The Labute approximate surface area is 198 Å². The minimum atomic E-state index is 0. The molecule has 0 aliphatic rings. The summed E-state index contributed by atoms with van der Waals surface area (Å²) in [6.07, 6.45) is 2.70. The molecule has 0 radical (unpaired) electrons. The van der Waals surface area contributed by atoms with Gasteiger partial charge < -0.3 is 20.1 Å². The maximum Gasteiger partial charge on any atom is 0.226 e. The van der Waals surface area contributed by atoms with Crippen molar-refractivity contribution < 1.29 is 4.52 Å². The van der Waals surface area contributed by atoms with E-state index in [0.717, 1.165) is 63.8 Å². The molecule has 0 spiro atoms. The summed E-state index contributed by atoms with van der Waals surface area (Å²) >= 11 is 0. The van der Waals surface area contributed by atoms with E-state index in [0.29, 0.717) is 11.8 Å². The van der Waals surface area contributed by atoms with E-state index in [4.69, 9.17) is 9.52 Å². The van der Waals surface area contributed by atoms with Gasteiger partial charge in [0.15, 0.2) is 11.8 Å². The van der Waals surface area contributed by atoms with Gasteiger partial charge in [-0.1, -0.05) is 37.2 Å². The Kier molecular flexibility index (Phi) is 13.1. The van der Waals surface area contributed by atoms with Crippen molar-refractivity contribution in [2.24, 2.45) is 4.99 Å². The van der Waals surface area contributed by atoms with E-state index < -0.39 is 0 Å². The molecule has 1 heterocycles. The van der Waals surface area contributed by atoms with Gasteiger partial charge in [-0.05, 0) is 38.8 Å². The van der Waals surface area contributed by atoms with Gasteiger partial charge >= 0.3 is 0 Å². The number of aromatic nitrogens is 2. The van der Waals surface area contributed by atoms with E-state index in [2.05, 4.69) is 83.7 Å². The molecule has 168 valence electrons. The monoisotopic (exact) mass is 528 g/mol. The van der Waals surface area contributed by atoms with Crippen molar-refractivity contribution in [1.82, 2.24) is 20.8 Å². The van der Waals surface area contributed by atoms with Gasteiger partial charge in [0, 0.05) is 50.7 Å². The van der Waals surface area contributed by atoms with E-state index in [1.165, 1.54) is 5.69 Å². The fourth-order valence-corrected chi connectivity index (χ4v) is 2.95. The number of halogens is 1. The van der Waals surface area contributed by atoms with Crippen molar-refractivity contribution in [3.63, 3.8) is 0 Å². The van der Waals surface area contributed by atoms with E-state index in [-0.39, 0.29) is 24.0 Å². The van der Waals surface area contributed by atoms with Crippen molar-refractivity contribution in [3.8, 4) is 0 Å². The Morgan fingerprint density at radius 3 is 2.53 bits per heavy atom. The number of aryl methyl sites for hydroxylation is 1. The van der Waals surface area contributed by atoms with Crippen molar-refractivity contribution in [1.29, 1.82) is 0 Å². The number of guanidine groups is 1. The molecule has 0 fully saturated rings. The SMILES string of the molecule is CCNC(=NCCCN(CC)c1ccccc1)NCCCc1nc(C(C)C)no1.I. The van der Waals surface area contributed by atoms with Gasteiger partial charge in [-0.3, -0.25) is 4.99 Å². The number of nitrogens with zero attached hydrogens (tertiary/aromatic N) is 4. The van der Waals surface area contributed by atoms with Crippen LogP contribution in [0.3, 0.4) is 0 Å². The molecule has 0 aliphatic heterocycles. The summed E-state index contributed by atoms with van der Waals surface area (Å²) < 4.78 is 5.29. The van der Waals surface area contributed by atoms with Crippen LogP contribution in [0.1, 0.15) is 58.2 Å². The van der Waals surface area contributed by atoms with Gasteiger partial charge in [-0.2, -0.15) is 4.98 Å². The maximum atomic E-state index is 5.29. The van der Waals surface area contributed by atoms with Crippen LogP contribution in [0.15, 0.2) is 39.8 Å². The minimum Gasteiger partial charge on any atom is -0.372 e. The zero-order chi connectivity index (χ0) is 20.9. The molecule has 0 atom stereocenters. The van der Waals surface area contributed by atoms with Crippen LogP contribution < -0.4 is 15.5 Å². The first-order valence-corrected chi connectivity index (χ1v) is 10.8. The van der Waals surface area contributed by atoms with Crippen molar-refractivity contribution in [3.05, 3.63) is 42.0 Å². The molecule has 2 rings (SSSR count). The van der Waals surface area contributed by atoms with Crippen LogP contribution in [0.4, 0.5) is 5.69 Å². The van der Waals surface area contributed by atoms with E-state index >= 15 is 0 Å². The summed E-state index contributed by atoms with van der Waals surface area (Å²) in [5.41, 5.74) is 1.27. The third-order valence-electron chi connectivity index (χ3n) is 4.56. The number of benzene rings is 1. The molecular formula is C22H37IN6O. The second kappa shape index (κ2) is 15.0. The van der Waals surface area contributed by atoms with E-state index in [1.54, 1.807) is 0 Å². The summed E-state index contributed by atoms with van der Waals surface area (Å²) in [5, 5.41) is 10.7. The normalized spacial score (nSPS) is 11.3. The third-order valence-corrected chi connectivity index (χ3v) is 4.56. The highest BCUT2D eigenvalue weighted by Gasteiger charge is 2.09. The minimum absolute atomic E-state index is 0. The van der Waals surface area contributed by atoms with Crippen LogP contribution in [-0.4, -0.2) is 48.8 Å². The van der Waals surface area contributed by atoms with Crippen molar-refractivity contribution in [2.75, 3.05) is 37.6 Å². The van der Waals surface area contributed by atoms with Crippen LogP contribution in [-0.2, 0) is 6.42 Å². The lowest BCUT2D eigenvalue weighted by molar-refractivity contribution is 0.368. The Morgan fingerprint density at radius 1 is 1.13 bits per heavy atom. The van der Waals surface area contributed by atoms with E-state index in [1.807, 2.05) is 0 Å². The number of hydrogen-bond donors (Lipinski definition) is 2. The largest absolute Gasteiger partial charge is 0.372 e. The molecule has 7 nitrogen and oxygen atoms in total. The first-order valence-electron chi connectivity index (χ1n) is 10.8. The number of para-hydroxylation sites is 1. The second-order valence-electron chi connectivity index (χ2n) is 7.26. The summed E-state index contributed by atoms with van der Waals surface area (Å²) in [5.74, 6) is 2.64. The Balaban J connectivity index is 0.00000450. The molecule has 0 amide bonds. The van der Waals surface area contributed by atoms with Gasteiger partial charge in [0.05, 0.1) is 0 Å². The Hall–Kier alpha value is -1.84. The highest BCUT2D eigenvalue weighted by atomic mass is 127. The molecule has 1 aromatic carbocycles. The molecular weight excluding hydrogens is 491 g/mol. The summed E-state index contributed by atoms with van der Waals surface area (Å²) in [6, 6.07) is 10.5. The molecule has 2 aromatic rings. The average molecular weight is 528 g/mol. The zero-order valence-electron chi connectivity index (χ0n) is 18.7. The van der Waals surface area contributed by atoms with Gasteiger partial charge in [-0.15, -0.1) is 24.0 Å². The molecule has 30 heavy (non-hydrogen) atoms. The maximum absolute atomic E-state index is 5.29. The predicted octanol–water partition coefficient (Wildman–Crippen LogP) is 4.22. The summed E-state index contributed by atoms with van der Waals surface area (Å²) in [7, 11) is 0. The Bertz CT molecular complexity index is 719. The molecule has 0 bridgehead atoms. The highest BCUT2D eigenvalue weighted by Crippen LogP contribution is 2.13. The lowest BCUT2D eigenvalue weighted by Crippen LogP contribution is -2.38. The van der Waals surface area contributed by atoms with Crippen molar-refractivity contribution >= 4 is 35.6 Å². The molecule has 8 heteroatoms. The highest BCUT2D eigenvalue weighted by molar-refractivity contribution is 14.0. The molecule has 2 N–H and O–H groups in total. The summed E-state index contributed by atoms with van der Waals surface area (Å²) in [6.45, 7) is 12.9. The first-order chi connectivity index (χ1) is 14.1. The quantitative estimate of drug-likeness (QED) is 0.186. The van der Waals surface area contributed by atoms with E-state index in [9.17, 15) is 0 Å². The topological polar surface area (TPSA) is 78.6 Å². The fraction of sp³-hybridized carbons (Fsp3) is 0.591. The number of aliphatic imine (C=N–C) groups is 1. The standard InChI is InChI=1S/C22H36N6O.HI/c1-5-23-22(24-15-10-14-20-26-21(18(3)4)27-29-20)25-16-11-17-28(6-2)19-12-8-7-9-13-19;/h7-9,12-13,18H,5-6,10-11,14-17H2,1-4H3,(H2,23,24,25);1H. The second-order valence-corrected chi connectivity index (χ2v) is 7.26. The zero-order valence-corrected chi connectivity index (χ0v) is 21.1. The third kappa shape index (κ3) is 9.32. The lowest BCUT2D eigenvalue weighted by Gasteiger charge is -2.22. The number of anilines is 1. The van der Waals surface area contributed by atoms with Crippen LogP contribution in [0.25, 0.3) is 0 Å². The first kappa shape index (κ1) is 26.2. The smallest absolute Gasteiger partial charge is 0.226 e. The Morgan fingerprint density at radius 2 is 1.90 bits per heavy atom. The molecule has 0 unspecified atom stereocenters. The lowest BCUT2D eigenvalue weighted by atomic mass is 10.2. The molecule has 0 saturated heterocycles. The van der Waals surface area contributed by atoms with Gasteiger partial charge in [0.2, 0.25) is 5.89 Å². The van der Waals surface area contributed by atoms with Gasteiger partial charge in [-0.25, -0.2) is 0 Å². The molecule has 0 aliphatic carbocycles. The number of hydrogen-bond acceptors (Lipinski definition) is 5. The fourth-order valence-electron chi connectivity index (χ4n) is 2.95. The number of rotatable bonds is 12. The predicted molar refractivity (Wildman–Crippen MR) is 135 cm³/mol. The van der Waals surface area contributed by atoms with Crippen LogP contribution in [0.2, 0.25) is 0 Å². The van der Waals surface area contributed by atoms with Crippen molar-refractivity contribution in [2.45, 2.75) is 52.9 Å². The van der Waals surface area contributed by atoms with Gasteiger partial charge in [0.25, 0.3) is 0 Å². The molecule has 1 aromatic heterocycles. The summed E-state index contributed by atoms with van der Waals surface area (Å²) in [4.78, 5) is 11.5. The van der Waals surface area contributed by atoms with Crippen LogP contribution >= 0.6 is 24.0 Å².